The molecule has 4 fully saturated rings. The van der Waals surface area contributed by atoms with Crippen molar-refractivity contribution in [2.75, 3.05) is 39.3 Å². The molecule has 5 nitrogen and oxygen atoms in total. The Labute approximate surface area is 287 Å². The molecule has 0 bridgehead atoms. The monoisotopic (exact) mass is 666 g/mol. The van der Waals surface area contributed by atoms with E-state index in [2.05, 4.69) is 21.9 Å². The van der Waals surface area contributed by atoms with E-state index in [4.69, 9.17) is 34.7 Å². The van der Waals surface area contributed by atoms with Crippen LogP contribution >= 0.6 is 23.2 Å². The molecule has 2 heterocycles. The quantitative estimate of drug-likeness (QED) is 0.249. The lowest BCUT2D eigenvalue weighted by atomic mass is 9.83. The maximum absolute atomic E-state index is 14.0. The molecule has 2 aromatic rings. The van der Waals surface area contributed by atoms with Crippen molar-refractivity contribution < 1.29 is 4.79 Å². The lowest BCUT2D eigenvalue weighted by Crippen LogP contribution is -2.35. The standard InChI is InChI=1S/C39H56Cl2N4O/c40-37-33(29-17-23-44(24-18-29)21-15-27-7-11-31(42)12-8-27)3-1-5-35(37)39(46)36-6-2-4-34(38(36)41)30-19-25-45(26-20-30)22-16-28-9-13-32(43)14-10-28/h1-6,27-32H,7-26,42-43H2. The van der Waals surface area contributed by atoms with Crippen LogP contribution in [-0.4, -0.2) is 66.9 Å². The topological polar surface area (TPSA) is 75.6 Å². The SMILES string of the molecule is NC1CCC(CCN2CCC(c3cccc(C(=O)c4cccc(C5CCN(CCC6CCC(N)CC6)CC5)c4Cl)c3Cl)CC2)CC1. The predicted octanol–water partition coefficient (Wildman–Crippen LogP) is 8.40. The number of nitrogens with two attached hydrogens (primary N) is 2. The molecule has 2 saturated heterocycles. The van der Waals surface area contributed by atoms with E-state index in [-0.39, 0.29) is 5.78 Å². The smallest absolute Gasteiger partial charge is 0.196 e. The zero-order valence-corrected chi connectivity index (χ0v) is 29.3. The second-order valence-electron chi connectivity index (χ2n) is 15.1. The van der Waals surface area contributed by atoms with Crippen LogP contribution in [0.2, 0.25) is 10.0 Å². The largest absolute Gasteiger partial charge is 0.328 e. The van der Waals surface area contributed by atoms with Gasteiger partial charge in [0.25, 0.3) is 0 Å². The number of ketones is 1. The molecule has 2 saturated carbocycles. The lowest BCUT2D eigenvalue weighted by molar-refractivity contribution is 0.103. The molecule has 0 spiro atoms. The Kier molecular flexibility index (Phi) is 12.2. The van der Waals surface area contributed by atoms with Gasteiger partial charge in [0.2, 0.25) is 0 Å². The molecule has 2 aliphatic carbocycles. The normalized spacial score (nSPS) is 27.6. The first kappa shape index (κ1) is 34.4. The second-order valence-corrected chi connectivity index (χ2v) is 15.9. The molecule has 0 radical (unpaired) electrons. The highest BCUT2D eigenvalue weighted by Gasteiger charge is 2.29. The molecule has 7 heteroatoms. The first-order valence-corrected chi connectivity index (χ1v) is 19.2. The van der Waals surface area contributed by atoms with Crippen LogP contribution in [0, 0.1) is 11.8 Å². The van der Waals surface area contributed by atoms with Gasteiger partial charge in [-0.3, -0.25) is 4.79 Å². The van der Waals surface area contributed by atoms with E-state index in [9.17, 15) is 4.79 Å². The molecule has 0 amide bonds. The van der Waals surface area contributed by atoms with E-state index in [1.807, 2.05) is 24.3 Å². The number of rotatable bonds is 10. The van der Waals surface area contributed by atoms with Crippen LogP contribution in [-0.2, 0) is 0 Å². The third-order valence-electron chi connectivity index (χ3n) is 12.1. The van der Waals surface area contributed by atoms with Crippen molar-refractivity contribution >= 4 is 29.0 Å². The summed E-state index contributed by atoms with van der Waals surface area (Å²) in [6, 6.07) is 12.9. The summed E-state index contributed by atoms with van der Waals surface area (Å²) in [6.45, 7) is 6.73. The van der Waals surface area contributed by atoms with Crippen molar-refractivity contribution in [2.45, 2.75) is 114 Å². The third-order valence-corrected chi connectivity index (χ3v) is 12.9. The van der Waals surface area contributed by atoms with Gasteiger partial charge in [0.15, 0.2) is 5.78 Å². The number of carbonyl (C=O) groups is 1. The summed E-state index contributed by atoms with van der Waals surface area (Å²) in [5.74, 6) is 2.38. The van der Waals surface area contributed by atoms with Gasteiger partial charge in [0.1, 0.15) is 0 Å². The van der Waals surface area contributed by atoms with Crippen LogP contribution in [0.3, 0.4) is 0 Å². The molecule has 2 aliphatic heterocycles. The minimum atomic E-state index is -0.0621. The summed E-state index contributed by atoms with van der Waals surface area (Å²) < 4.78 is 0. The average Bonchev–Trinajstić information content (AvgIpc) is 3.08. The molecule has 0 aromatic heterocycles. The van der Waals surface area contributed by atoms with Gasteiger partial charge in [0.05, 0.1) is 10.0 Å². The van der Waals surface area contributed by atoms with Crippen LogP contribution in [0.1, 0.15) is 129 Å². The Bertz CT molecular complexity index is 1190. The summed E-state index contributed by atoms with van der Waals surface area (Å²) in [5.41, 5.74) is 15.6. The van der Waals surface area contributed by atoms with Crippen molar-refractivity contribution in [3.63, 3.8) is 0 Å². The first-order valence-electron chi connectivity index (χ1n) is 18.4. The van der Waals surface area contributed by atoms with Gasteiger partial charge in [-0.15, -0.1) is 0 Å². The summed E-state index contributed by atoms with van der Waals surface area (Å²) in [5, 5.41) is 1.22. The van der Waals surface area contributed by atoms with Crippen molar-refractivity contribution in [2.24, 2.45) is 23.3 Å². The molecule has 4 aliphatic rings. The van der Waals surface area contributed by atoms with Crippen LogP contribution in [0.5, 0.6) is 0 Å². The van der Waals surface area contributed by atoms with Crippen LogP contribution in [0.4, 0.5) is 0 Å². The van der Waals surface area contributed by atoms with E-state index >= 15 is 0 Å². The summed E-state index contributed by atoms with van der Waals surface area (Å²) >= 11 is 14.1. The van der Waals surface area contributed by atoms with Gasteiger partial charge in [-0.05, 0) is 176 Å². The van der Waals surface area contributed by atoms with Crippen molar-refractivity contribution in [3.8, 4) is 0 Å². The van der Waals surface area contributed by atoms with Gasteiger partial charge in [-0.2, -0.15) is 0 Å². The number of halogens is 2. The summed E-state index contributed by atoms with van der Waals surface area (Å²) in [7, 11) is 0. The second kappa shape index (κ2) is 16.3. The first-order chi connectivity index (χ1) is 22.4. The highest BCUT2D eigenvalue weighted by Crippen LogP contribution is 2.39. The Morgan fingerprint density at radius 3 is 1.33 bits per heavy atom. The van der Waals surface area contributed by atoms with Gasteiger partial charge in [-0.1, -0.05) is 47.5 Å². The Hall–Kier alpha value is -1.47. The van der Waals surface area contributed by atoms with Crippen LogP contribution in [0.15, 0.2) is 36.4 Å². The number of nitrogens with zero attached hydrogens (tertiary/aromatic N) is 2. The van der Waals surface area contributed by atoms with Crippen LogP contribution in [0.25, 0.3) is 0 Å². The highest BCUT2D eigenvalue weighted by molar-refractivity contribution is 6.39. The number of hydrogen-bond acceptors (Lipinski definition) is 5. The van der Waals surface area contributed by atoms with Gasteiger partial charge in [-0.25, -0.2) is 0 Å². The molecule has 252 valence electrons. The Morgan fingerprint density at radius 1 is 0.587 bits per heavy atom. The Morgan fingerprint density at radius 2 is 0.957 bits per heavy atom. The van der Waals surface area contributed by atoms with Gasteiger partial charge < -0.3 is 21.3 Å². The van der Waals surface area contributed by atoms with E-state index in [0.29, 0.717) is 45.1 Å². The fourth-order valence-corrected chi connectivity index (χ4v) is 9.58. The molecular weight excluding hydrogens is 611 g/mol. The van der Waals surface area contributed by atoms with E-state index in [1.165, 1.54) is 77.3 Å². The lowest BCUT2D eigenvalue weighted by Gasteiger charge is -2.34. The molecule has 0 unspecified atom stereocenters. The molecule has 4 N–H and O–H groups in total. The predicted molar refractivity (Wildman–Crippen MR) is 192 cm³/mol. The molecule has 2 aromatic carbocycles. The van der Waals surface area contributed by atoms with E-state index in [1.54, 1.807) is 0 Å². The summed E-state index contributed by atoms with van der Waals surface area (Å²) in [4.78, 5) is 19.2. The molecule has 6 rings (SSSR count). The highest BCUT2D eigenvalue weighted by atomic mass is 35.5. The Balaban J connectivity index is 1.03. The van der Waals surface area contributed by atoms with Crippen molar-refractivity contribution in [1.29, 1.82) is 0 Å². The number of carbonyl (C=O) groups excluding carboxylic acids is 1. The zero-order valence-electron chi connectivity index (χ0n) is 27.8. The van der Waals surface area contributed by atoms with Gasteiger partial charge in [0, 0.05) is 23.2 Å². The number of benzene rings is 2. The zero-order chi connectivity index (χ0) is 32.0. The molecular formula is C39H56Cl2N4O. The fourth-order valence-electron chi connectivity index (χ4n) is 8.85. The maximum Gasteiger partial charge on any atom is 0.196 e. The summed E-state index contributed by atoms with van der Waals surface area (Å²) in [6.07, 6.45) is 16.8. The molecule has 46 heavy (non-hydrogen) atoms. The maximum atomic E-state index is 14.0. The minimum Gasteiger partial charge on any atom is -0.328 e. The third kappa shape index (κ3) is 8.57. The van der Waals surface area contributed by atoms with E-state index in [0.717, 1.165) is 74.8 Å². The van der Waals surface area contributed by atoms with Crippen molar-refractivity contribution in [3.05, 3.63) is 68.7 Å². The average molecular weight is 668 g/mol. The van der Waals surface area contributed by atoms with Crippen molar-refractivity contribution in [1.82, 2.24) is 9.80 Å². The molecule has 0 atom stereocenters. The number of hydrogen-bond donors (Lipinski definition) is 2. The number of piperidine rings is 2. The fraction of sp³-hybridized carbons (Fsp3) is 0.667. The van der Waals surface area contributed by atoms with Gasteiger partial charge >= 0.3 is 0 Å². The minimum absolute atomic E-state index is 0.0621. The number of likely N-dealkylation sites (tertiary alicyclic amines) is 2. The van der Waals surface area contributed by atoms with E-state index < -0.39 is 0 Å². The van der Waals surface area contributed by atoms with Crippen LogP contribution < -0.4 is 11.5 Å².